The van der Waals surface area contributed by atoms with Crippen LogP contribution in [0.5, 0.6) is 11.5 Å². The summed E-state index contributed by atoms with van der Waals surface area (Å²) >= 11 is 4.56. The van der Waals surface area contributed by atoms with Gasteiger partial charge in [0.25, 0.3) is 5.56 Å². The number of para-hydroxylation sites is 1. The number of nitrogens with zero attached hydrogens (tertiary/aromatic N) is 3. The average Bonchev–Trinajstić information content (AvgIpc) is 2.97. The highest BCUT2D eigenvalue weighted by atomic mass is 127. The van der Waals surface area contributed by atoms with Crippen LogP contribution < -0.4 is 15.0 Å². The topological polar surface area (TPSA) is 65.7 Å². The summed E-state index contributed by atoms with van der Waals surface area (Å²) in [5.41, 5.74) is 5.23. The lowest BCUT2D eigenvalue weighted by atomic mass is 9.96. The highest BCUT2D eigenvalue weighted by Gasteiger charge is 2.19. The van der Waals surface area contributed by atoms with Crippen molar-refractivity contribution in [2.24, 2.45) is 5.10 Å². The molecule has 5 rings (SSSR count). The summed E-state index contributed by atoms with van der Waals surface area (Å²) in [6.45, 7) is 9.32. The van der Waals surface area contributed by atoms with Gasteiger partial charge in [0, 0.05) is 5.56 Å². The van der Waals surface area contributed by atoms with Crippen LogP contribution in [0.1, 0.15) is 48.9 Å². The number of fused-ring (bicyclic) bond motifs is 1. The maximum atomic E-state index is 13.8. The smallest absolute Gasteiger partial charge is 0.282 e. The minimum atomic E-state index is -0.224. The van der Waals surface area contributed by atoms with Crippen molar-refractivity contribution in [1.82, 2.24) is 9.66 Å². The van der Waals surface area contributed by atoms with E-state index in [4.69, 9.17) is 19.6 Å². The first-order chi connectivity index (χ1) is 20.3. The average molecular weight is 783 g/mol. The molecular formula is C34H31I2N3O3. The summed E-state index contributed by atoms with van der Waals surface area (Å²) in [5.74, 6) is 2.39. The fourth-order valence-corrected chi connectivity index (χ4v) is 6.85. The van der Waals surface area contributed by atoms with Crippen LogP contribution in [-0.2, 0) is 6.61 Å². The number of hydrogen-bond acceptors (Lipinski definition) is 5. The molecular weight excluding hydrogens is 752 g/mol. The number of rotatable bonds is 9. The maximum absolute atomic E-state index is 13.8. The molecule has 5 aromatic rings. The normalized spacial score (nSPS) is 11.5. The standard InChI is InChI=1S/C34H31I2N3O3/c1-5-41-31-15-22(4)27(18-26(31)21(2)3)33-38-30-14-10-9-13-25(30)34(40)39(33)37-19-24-16-28(35)32(29(36)17-24)42-20-23-11-7-6-8-12-23/h6-19,21H,5,20H2,1-4H3. The second-order valence-corrected chi connectivity index (χ2v) is 12.5. The monoisotopic (exact) mass is 783 g/mol. The van der Waals surface area contributed by atoms with Crippen molar-refractivity contribution in [2.75, 3.05) is 6.61 Å². The van der Waals surface area contributed by atoms with Gasteiger partial charge >= 0.3 is 0 Å². The second-order valence-electron chi connectivity index (χ2n) is 10.2. The molecule has 0 spiro atoms. The van der Waals surface area contributed by atoms with Crippen LogP contribution in [0.4, 0.5) is 0 Å². The summed E-state index contributed by atoms with van der Waals surface area (Å²) in [5, 5.41) is 5.23. The Morgan fingerprint density at radius 3 is 2.33 bits per heavy atom. The molecule has 0 bridgehead atoms. The summed E-state index contributed by atoms with van der Waals surface area (Å²) in [6.07, 6.45) is 1.71. The molecule has 0 aliphatic carbocycles. The third-order valence-corrected chi connectivity index (χ3v) is 8.44. The molecule has 0 unspecified atom stereocenters. The largest absolute Gasteiger partial charge is 0.494 e. The Labute approximate surface area is 273 Å². The van der Waals surface area contributed by atoms with E-state index >= 15 is 0 Å². The van der Waals surface area contributed by atoms with Crippen molar-refractivity contribution in [2.45, 2.75) is 40.2 Å². The Hall–Kier alpha value is -3.25. The Bertz CT molecular complexity index is 1810. The first kappa shape index (κ1) is 30.2. The van der Waals surface area contributed by atoms with E-state index in [0.717, 1.165) is 46.5 Å². The zero-order valence-corrected chi connectivity index (χ0v) is 28.2. The van der Waals surface area contributed by atoms with Crippen LogP contribution in [0.2, 0.25) is 0 Å². The maximum Gasteiger partial charge on any atom is 0.282 e. The van der Waals surface area contributed by atoms with Gasteiger partial charge in [-0.15, -0.1) is 0 Å². The van der Waals surface area contributed by atoms with Crippen molar-refractivity contribution in [3.8, 4) is 22.9 Å². The number of halogens is 2. The number of ether oxygens (including phenoxy) is 2. The second kappa shape index (κ2) is 13.4. The highest BCUT2D eigenvalue weighted by molar-refractivity contribution is 14.1. The van der Waals surface area contributed by atoms with Crippen molar-refractivity contribution in [1.29, 1.82) is 0 Å². The molecule has 42 heavy (non-hydrogen) atoms. The van der Waals surface area contributed by atoms with E-state index in [0.29, 0.717) is 29.9 Å². The molecule has 1 heterocycles. The lowest BCUT2D eigenvalue weighted by Gasteiger charge is -2.18. The van der Waals surface area contributed by atoms with Gasteiger partial charge in [0.1, 0.15) is 18.1 Å². The zero-order valence-electron chi connectivity index (χ0n) is 23.9. The highest BCUT2D eigenvalue weighted by Crippen LogP contribution is 2.34. The van der Waals surface area contributed by atoms with Crippen LogP contribution in [-0.4, -0.2) is 22.5 Å². The number of aromatic nitrogens is 2. The van der Waals surface area contributed by atoms with Crippen molar-refractivity contribution in [3.05, 3.63) is 119 Å². The fraction of sp³-hybridized carbons (Fsp3) is 0.206. The molecule has 6 nitrogen and oxygen atoms in total. The summed E-state index contributed by atoms with van der Waals surface area (Å²) < 4.78 is 15.4. The summed E-state index contributed by atoms with van der Waals surface area (Å²) in [4.78, 5) is 18.8. The minimum absolute atomic E-state index is 0.224. The van der Waals surface area contributed by atoms with Crippen molar-refractivity contribution < 1.29 is 9.47 Å². The molecule has 0 amide bonds. The van der Waals surface area contributed by atoms with E-state index in [9.17, 15) is 4.79 Å². The summed E-state index contributed by atoms with van der Waals surface area (Å²) in [7, 11) is 0. The molecule has 0 saturated carbocycles. The quantitative estimate of drug-likeness (QED) is 0.111. The number of hydrogen-bond donors (Lipinski definition) is 0. The van der Waals surface area contributed by atoms with E-state index in [1.165, 1.54) is 4.68 Å². The van der Waals surface area contributed by atoms with E-state index in [1.807, 2.05) is 80.6 Å². The van der Waals surface area contributed by atoms with Crippen LogP contribution in [0.15, 0.2) is 88.8 Å². The van der Waals surface area contributed by atoms with E-state index in [1.54, 1.807) is 12.3 Å². The lowest BCUT2D eigenvalue weighted by molar-refractivity contribution is 0.302. The Kier molecular flexibility index (Phi) is 9.62. The molecule has 0 aliphatic rings. The predicted octanol–water partition coefficient (Wildman–Crippen LogP) is 8.56. The first-order valence-corrected chi connectivity index (χ1v) is 15.9. The molecule has 214 valence electrons. The van der Waals surface area contributed by atoms with Gasteiger partial charge in [-0.05, 0) is 124 Å². The Balaban J connectivity index is 1.58. The number of aryl methyl sites for hydroxylation is 1. The van der Waals surface area contributed by atoms with Gasteiger partial charge in [-0.1, -0.05) is 56.3 Å². The van der Waals surface area contributed by atoms with Gasteiger partial charge in [0.15, 0.2) is 5.82 Å². The van der Waals surface area contributed by atoms with Crippen molar-refractivity contribution in [3.63, 3.8) is 0 Å². The van der Waals surface area contributed by atoms with Gasteiger partial charge in [0.2, 0.25) is 0 Å². The minimum Gasteiger partial charge on any atom is -0.494 e. The molecule has 0 fully saturated rings. The van der Waals surface area contributed by atoms with Gasteiger partial charge in [-0.3, -0.25) is 4.79 Å². The number of benzene rings is 4. The third kappa shape index (κ3) is 6.54. The van der Waals surface area contributed by atoms with Crippen molar-refractivity contribution >= 4 is 62.3 Å². The SMILES string of the molecule is CCOc1cc(C)c(-c2nc3ccccc3c(=O)n2N=Cc2cc(I)c(OCc3ccccc3)c(I)c2)cc1C(C)C. The van der Waals surface area contributed by atoms with Crippen LogP contribution in [0.25, 0.3) is 22.3 Å². The van der Waals surface area contributed by atoms with Gasteiger partial charge < -0.3 is 9.47 Å². The Morgan fingerprint density at radius 2 is 1.64 bits per heavy atom. The van der Waals surface area contributed by atoms with Crippen LogP contribution in [0, 0.1) is 14.1 Å². The van der Waals surface area contributed by atoms with Gasteiger partial charge in [-0.25, -0.2) is 4.98 Å². The van der Waals surface area contributed by atoms with E-state index in [2.05, 4.69) is 65.1 Å². The van der Waals surface area contributed by atoms with Gasteiger partial charge in [0.05, 0.1) is 30.9 Å². The zero-order chi connectivity index (χ0) is 29.8. The Morgan fingerprint density at radius 1 is 0.952 bits per heavy atom. The molecule has 0 atom stereocenters. The van der Waals surface area contributed by atoms with Crippen LogP contribution in [0.3, 0.4) is 0 Å². The third-order valence-electron chi connectivity index (χ3n) is 6.84. The predicted molar refractivity (Wildman–Crippen MR) is 187 cm³/mol. The first-order valence-electron chi connectivity index (χ1n) is 13.8. The fourth-order valence-electron chi connectivity index (χ4n) is 4.72. The molecule has 0 saturated heterocycles. The molecule has 8 heteroatoms. The lowest BCUT2D eigenvalue weighted by Crippen LogP contribution is -2.21. The van der Waals surface area contributed by atoms with E-state index in [-0.39, 0.29) is 11.5 Å². The van der Waals surface area contributed by atoms with Gasteiger partial charge in [-0.2, -0.15) is 9.78 Å². The summed E-state index contributed by atoms with van der Waals surface area (Å²) in [6, 6.07) is 25.6. The molecule has 1 aromatic heterocycles. The van der Waals surface area contributed by atoms with E-state index < -0.39 is 0 Å². The van der Waals surface area contributed by atoms with Crippen LogP contribution >= 0.6 is 45.2 Å². The molecule has 0 aliphatic heterocycles. The molecule has 4 aromatic carbocycles. The molecule has 0 radical (unpaired) electrons. The molecule has 0 N–H and O–H groups in total.